The van der Waals surface area contributed by atoms with E-state index in [4.69, 9.17) is 14.2 Å². The van der Waals surface area contributed by atoms with Gasteiger partial charge < -0.3 is 24.2 Å². The molecule has 156 valence electrons. The highest BCUT2D eigenvalue weighted by Gasteiger charge is 2.26. The zero-order valence-electron chi connectivity index (χ0n) is 17.3. The Kier molecular flexibility index (Phi) is 6.63. The number of ether oxygens (including phenoxy) is 3. The quantitative estimate of drug-likeness (QED) is 0.412. The monoisotopic (exact) mass is 404 g/mol. The van der Waals surface area contributed by atoms with Crippen LogP contribution in [0.4, 0.5) is 0 Å². The van der Waals surface area contributed by atoms with Gasteiger partial charge in [0.15, 0.2) is 6.61 Å². The molecule has 0 bridgehead atoms. The van der Waals surface area contributed by atoms with Gasteiger partial charge in [0.2, 0.25) is 5.78 Å². The normalized spacial score (nSPS) is 10.6. The number of carbonyl (C=O) groups excluding carboxylic acids is 4. The standard InChI is InChI=1S/C20H24N2O7/c1-7-28-19(25)15-9(2)16(21-12(15)5)13(23)8-29-20(26)17-10(3)14(11(4)22-17)18(24)27-6/h21-22H,7-8H2,1-6H3. The summed E-state index contributed by atoms with van der Waals surface area (Å²) in [6.45, 7) is 7.85. The van der Waals surface area contributed by atoms with Crippen LogP contribution >= 0.6 is 0 Å². The predicted molar refractivity (Wildman–Crippen MR) is 102 cm³/mol. The lowest BCUT2D eigenvalue weighted by Crippen LogP contribution is -2.16. The molecule has 2 N–H and O–H groups in total. The van der Waals surface area contributed by atoms with E-state index < -0.39 is 30.3 Å². The van der Waals surface area contributed by atoms with Crippen molar-refractivity contribution in [1.82, 2.24) is 9.97 Å². The van der Waals surface area contributed by atoms with E-state index in [0.717, 1.165) is 0 Å². The van der Waals surface area contributed by atoms with Crippen LogP contribution in [0.1, 0.15) is 71.1 Å². The molecule has 0 amide bonds. The van der Waals surface area contributed by atoms with Gasteiger partial charge in [-0.05, 0) is 45.7 Å². The highest BCUT2D eigenvalue weighted by Crippen LogP contribution is 2.21. The van der Waals surface area contributed by atoms with E-state index in [1.807, 2.05) is 0 Å². The maximum Gasteiger partial charge on any atom is 0.355 e. The van der Waals surface area contributed by atoms with Crippen molar-refractivity contribution in [1.29, 1.82) is 0 Å². The average Bonchev–Trinajstić information content (AvgIpc) is 3.14. The maximum atomic E-state index is 12.5. The summed E-state index contributed by atoms with van der Waals surface area (Å²) < 4.78 is 14.8. The predicted octanol–water partition coefficient (Wildman–Crippen LogP) is 2.58. The zero-order chi connectivity index (χ0) is 21.9. The van der Waals surface area contributed by atoms with Gasteiger partial charge in [-0.15, -0.1) is 0 Å². The van der Waals surface area contributed by atoms with Gasteiger partial charge in [0.05, 0.1) is 30.5 Å². The molecular formula is C20H24N2O7. The van der Waals surface area contributed by atoms with Crippen LogP contribution in [0.25, 0.3) is 0 Å². The molecule has 0 saturated carbocycles. The fourth-order valence-corrected chi connectivity index (χ4v) is 3.18. The SMILES string of the molecule is CCOC(=O)c1c(C)[nH]c(C(=O)COC(=O)c2[nH]c(C)c(C(=O)OC)c2C)c1C. The second-order valence-electron chi connectivity index (χ2n) is 6.46. The highest BCUT2D eigenvalue weighted by atomic mass is 16.5. The number of carbonyl (C=O) groups is 4. The molecule has 0 aliphatic carbocycles. The first kappa shape index (κ1) is 21.9. The lowest BCUT2D eigenvalue weighted by atomic mass is 10.1. The number of methoxy groups -OCH3 is 1. The summed E-state index contributed by atoms with van der Waals surface area (Å²) in [6, 6.07) is 0. The number of hydrogen-bond donors (Lipinski definition) is 2. The molecular weight excluding hydrogens is 380 g/mol. The number of H-pyrrole nitrogens is 2. The maximum absolute atomic E-state index is 12.5. The first-order valence-electron chi connectivity index (χ1n) is 8.98. The summed E-state index contributed by atoms with van der Waals surface area (Å²) in [5.74, 6) is -2.37. The zero-order valence-corrected chi connectivity index (χ0v) is 17.3. The summed E-state index contributed by atoms with van der Waals surface area (Å²) in [5.41, 5.74) is 2.55. The minimum absolute atomic E-state index is 0.0716. The molecule has 0 aliphatic heterocycles. The molecule has 2 rings (SSSR count). The van der Waals surface area contributed by atoms with E-state index in [0.29, 0.717) is 28.1 Å². The number of hydrogen-bond acceptors (Lipinski definition) is 7. The molecule has 9 nitrogen and oxygen atoms in total. The van der Waals surface area contributed by atoms with Crippen LogP contribution in [-0.4, -0.2) is 54.0 Å². The molecule has 0 aromatic carbocycles. The number of ketones is 1. The van der Waals surface area contributed by atoms with E-state index >= 15 is 0 Å². The lowest BCUT2D eigenvalue weighted by Gasteiger charge is -2.05. The number of nitrogens with one attached hydrogen (secondary N) is 2. The number of esters is 3. The van der Waals surface area contributed by atoms with E-state index in [1.54, 1.807) is 34.6 Å². The van der Waals surface area contributed by atoms with Crippen molar-refractivity contribution in [2.75, 3.05) is 20.3 Å². The number of rotatable bonds is 7. The molecule has 2 heterocycles. The molecule has 0 unspecified atom stereocenters. The van der Waals surface area contributed by atoms with Crippen molar-refractivity contribution in [3.63, 3.8) is 0 Å². The van der Waals surface area contributed by atoms with Gasteiger partial charge in [-0.3, -0.25) is 4.79 Å². The van der Waals surface area contributed by atoms with E-state index in [-0.39, 0.29) is 23.6 Å². The van der Waals surface area contributed by atoms with Crippen LogP contribution in [-0.2, 0) is 14.2 Å². The Morgan fingerprint density at radius 1 is 0.759 bits per heavy atom. The van der Waals surface area contributed by atoms with Crippen molar-refractivity contribution in [3.05, 3.63) is 45.0 Å². The van der Waals surface area contributed by atoms with Gasteiger partial charge >= 0.3 is 17.9 Å². The number of aryl methyl sites for hydroxylation is 2. The summed E-state index contributed by atoms with van der Waals surface area (Å²) in [7, 11) is 1.25. The fourth-order valence-electron chi connectivity index (χ4n) is 3.18. The molecule has 0 saturated heterocycles. The van der Waals surface area contributed by atoms with Crippen LogP contribution in [0.2, 0.25) is 0 Å². The van der Waals surface area contributed by atoms with Crippen LogP contribution in [0.5, 0.6) is 0 Å². The Hall–Kier alpha value is -3.36. The van der Waals surface area contributed by atoms with Crippen molar-refractivity contribution >= 4 is 23.7 Å². The number of aromatic nitrogens is 2. The minimum atomic E-state index is -0.777. The molecule has 2 aromatic rings. The Bertz CT molecular complexity index is 982. The van der Waals surface area contributed by atoms with Gasteiger partial charge in [-0.2, -0.15) is 0 Å². The minimum Gasteiger partial charge on any atom is -0.465 e. The van der Waals surface area contributed by atoms with Gasteiger partial charge in [-0.25, -0.2) is 14.4 Å². The van der Waals surface area contributed by atoms with Crippen LogP contribution in [0.3, 0.4) is 0 Å². The Morgan fingerprint density at radius 3 is 1.83 bits per heavy atom. The second-order valence-corrected chi connectivity index (χ2v) is 6.46. The molecule has 0 atom stereocenters. The van der Waals surface area contributed by atoms with Crippen molar-refractivity contribution < 1.29 is 33.4 Å². The van der Waals surface area contributed by atoms with Crippen LogP contribution in [0.15, 0.2) is 0 Å². The van der Waals surface area contributed by atoms with Gasteiger partial charge in [0.25, 0.3) is 0 Å². The van der Waals surface area contributed by atoms with Crippen LogP contribution in [0, 0.1) is 27.7 Å². The Balaban J connectivity index is 2.16. The van der Waals surface area contributed by atoms with Gasteiger partial charge in [-0.1, -0.05) is 0 Å². The van der Waals surface area contributed by atoms with E-state index in [9.17, 15) is 19.2 Å². The van der Waals surface area contributed by atoms with E-state index in [1.165, 1.54) is 7.11 Å². The lowest BCUT2D eigenvalue weighted by molar-refractivity contribution is 0.0466. The van der Waals surface area contributed by atoms with Crippen molar-refractivity contribution in [2.45, 2.75) is 34.6 Å². The fraction of sp³-hybridized carbons (Fsp3) is 0.400. The second kappa shape index (κ2) is 8.76. The van der Waals surface area contributed by atoms with Gasteiger partial charge in [0, 0.05) is 11.4 Å². The molecule has 0 radical (unpaired) electrons. The molecule has 29 heavy (non-hydrogen) atoms. The molecule has 0 spiro atoms. The summed E-state index contributed by atoms with van der Waals surface area (Å²) in [4.78, 5) is 54.4. The summed E-state index contributed by atoms with van der Waals surface area (Å²) >= 11 is 0. The first-order valence-corrected chi connectivity index (χ1v) is 8.98. The van der Waals surface area contributed by atoms with Crippen molar-refractivity contribution in [2.24, 2.45) is 0 Å². The molecule has 2 aromatic heterocycles. The third-order valence-corrected chi connectivity index (χ3v) is 4.56. The molecule has 0 aliphatic rings. The average molecular weight is 404 g/mol. The van der Waals surface area contributed by atoms with Gasteiger partial charge in [0.1, 0.15) is 5.69 Å². The Labute approximate surface area is 167 Å². The summed E-state index contributed by atoms with van der Waals surface area (Å²) in [6.07, 6.45) is 0. The Morgan fingerprint density at radius 2 is 1.28 bits per heavy atom. The molecule has 9 heteroatoms. The number of Topliss-reactive ketones (excluding diaryl/α,β-unsaturated/α-hetero) is 1. The number of aromatic amines is 2. The third-order valence-electron chi connectivity index (χ3n) is 4.56. The first-order chi connectivity index (χ1) is 13.6. The van der Waals surface area contributed by atoms with E-state index in [2.05, 4.69) is 9.97 Å². The molecule has 0 fully saturated rings. The topological polar surface area (TPSA) is 128 Å². The third kappa shape index (κ3) is 4.23. The van der Waals surface area contributed by atoms with Crippen LogP contribution < -0.4 is 0 Å². The smallest absolute Gasteiger partial charge is 0.355 e. The largest absolute Gasteiger partial charge is 0.465 e. The summed E-state index contributed by atoms with van der Waals surface area (Å²) in [5, 5.41) is 0. The highest BCUT2D eigenvalue weighted by molar-refractivity contribution is 6.03. The van der Waals surface area contributed by atoms with Crippen molar-refractivity contribution in [3.8, 4) is 0 Å².